The number of ether oxygens (including phenoxy) is 2. The fourth-order valence-electron chi connectivity index (χ4n) is 4.54. The van der Waals surface area contributed by atoms with E-state index >= 15 is 0 Å². The summed E-state index contributed by atoms with van der Waals surface area (Å²) in [5, 5.41) is 0. The van der Waals surface area contributed by atoms with Crippen molar-refractivity contribution in [1.82, 2.24) is 4.57 Å². The van der Waals surface area contributed by atoms with Gasteiger partial charge in [0, 0.05) is 0 Å². The second-order valence-corrected chi connectivity index (χ2v) is 12.3. The number of rotatable bonds is 7. The standard InChI is InChI=1S/C31H26BrIN2O4S/c1-4-38-30(37)26-19(3)34-31-35(27(26)22-12-10-18(2)11-13-22)29(36)25(40-31)16-21-14-23(32)28(24(33)15-21)39-17-20-8-6-5-7-9-20/h5-16,27H,4,17H2,1-3H3/b25-16+/t27-/m0/s1. The van der Waals surface area contributed by atoms with Crippen LogP contribution in [0.1, 0.15) is 42.1 Å². The van der Waals surface area contributed by atoms with Crippen molar-refractivity contribution in [2.24, 2.45) is 4.99 Å². The molecule has 1 aliphatic rings. The number of esters is 1. The summed E-state index contributed by atoms with van der Waals surface area (Å²) in [6, 6.07) is 21.1. The zero-order valence-electron chi connectivity index (χ0n) is 22.1. The number of carbonyl (C=O) groups excluding carboxylic acids is 1. The summed E-state index contributed by atoms with van der Waals surface area (Å²) in [6.45, 7) is 6.24. The summed E-state index contributed by atoms with van der Waals surface area (Å²) in [6.07, 6.45) is 1.85. The Labute approximate surface area is 258 Å². The van der Waals surface area contributed by atoms with Crippen LogP contribution in [0.15, 0.2) is 92.3 Å². The van der Waals surface area contributed by atoms with Crippen molar-refractivity contribution in [2.75, 3.05) is 6.61 Å². The van der Waals surface area contributed by atoms with Gasteiger partial charge >= 0.3 is 5.97 Å². The fraction of sp³-hybridized carbons (Fsp3) is 0.194. The van der Waals surface area contributed by atoms with Gasteiger partial charge in [0.1, 0.15) is 12.4 Å². The van der Waals surface area contributed by atoms with Crippen LogP contribution in [0.5, 0.6) is 5.75 Å². The first kappa shape index (κ1) is 28.5. The Morgan fingerprint density at radius 1 is 1.12 bits per heavy atom. The number of hydrogen-bond acceptors (Lipinski definition) is 6. The molecule has 0 amide bonds. The highest BCUT2D eigenvalue weighted by molar-refractivity contribution is 14.1. The summed E-state index contributed by atoms with van der Waals surface area (Å²) in [5.41, 5.74) is 4.56. The van der Waals surface area contributed by atoms with Crippen LogP contribution < -0.4 is 19.6 Å². The molecule has 1 atom stereocenters. The number of carbonyl (C=O) groups is 1. The first-order valence-electron chi connectivity index (χ1n) is 12.7. The van der Waals surface area contributed by atoms with Crippen LogP contribution in [0, 0.1) is 10.5 Å². The highest BCUT2D eigenvalue weighted by Gasteiger charge is 2.33. The molecule has 0 unspecified atom stereocenters. The molecule has 4 aromatic rings. The SMILES string of the molecule is CCOC(=O)C1=C(C)N=c2s/c(=C/c3cc(Br)c(OCc4ccccc4)c(I)c3)c(=O)n2[C@H]1c1ccc(C)cc1. The van der Waals surface area contributed by atoms with Crippen molar-refractivity contribution in [3.8, 4) is 5.75 Å². The molecule has 0 bridgehead atoms. The lowest BCUT2D eigenvalue weighted by atomic mass is 9.95. The van der Waals surface area contributed by atoms with Gasteiger partial charge < -0.3 is 9.47 Å². The van der Waals surface area contributed by atoms with Gasteiger partial charge in [-0.2, -0.15) is 0 Å². The molecule has 2 heterocycles. The molecular formula is C31H26BrIN2O4S. The molecule has 0 saturated carbocycles. The van der Waals surface area contributed by atoms with Gasteiger partial charge in [-0.3, -0.25) is 9.36 Å². The smallest absolute Gasteiger partial charge is 0.338 e. The van der Waals surface area contributed by atoms with Crippen LogP contribution in [0.25, 0.3) is 6.08 Å². The number of aryl methyl sites for hydroxylation is 1. The van der Waals surface area contributed by atoms with Gasteiger partial charge in [0.25, 0.3) is 5.56 Å². The quantitative estimate of drug-likeness (QED) is 0.172. The Bertz CT molecular complexity index is 1770. The van der Waals surface area contributed by atoms with E-state index in [1.165, 1.54) is 11.3 Å². The Kier molecular flexibility index (Phi) is 8.72. The minimum Gasteiger partial charge on any atom is -0.487 e. The maximum atomic E-state index is 13.9. The maximum absolute atomic E-state index is 13.9. The van der Waals surface area contributed by atoms with Crippen LogP contribution in [0.4, 0.5) is 0 Å². The number of thiazole rings is 1. The van der Waals surface area contributed by atoms with E-state index in [9.17, 15) is 9.59 Å². The molecular weight excluding hydrogens is 703 g/mol. The second kappa shape index (κ2) is 12.2. The monoisotopic (exact) mass is 728 g/mol. The Morgan fingerprint density at radius 3 is 2.52 bits per heavy atom. The number of fused-ring (bicyclic) bond motifs is 1. The molecule has 0 aliphatic carbocycles. The van der Waals surface area contributed by atoms with E-state index in [2.05, 4.69) is 43.5 Å². The Hall–Kier alpha value is -3.02. The molecule has 3 aromatic carbocycles. The van der Waals surface area contributed by atoms with Gasteiger partial charge in [-0.15, -0.1) is 0 Å². The van der Waals surface area contributed by atoms with Gasteiger partial charge in [-0.1, -0.05) is 71.5 Å². The third-order valence-electron chi connectivity index (χ3n) is 6.45. The normalized spacial score (nSPS) is 15.0. The van der Waals surface area contributed by atoms with Crippen LogP contribution in [0.3, 0.4) is 0 Å². The molecule has 5 rings (SSSR count). The molecule has 204 valence electrons. The number of halogens is 2. The molecule has 0 radical (unpaired) electrons. The first-order chi connectivity index (χ1) is 19.3. The second-order valence-electron chi connectivity index (χ2n) is 9.30. The van der Waals surface area contributed by atoms with Crippen molar-refractivity contribution in [2.45, 2.75) is 33.4 Å². The molecule has 40 heavy (non-hydrogen) atoms. The molecule has 9 heteroatoms. The van der Waals surface area contributed by atoms with Crippen LogP contribution >= 0.6 is 49.9 Å². The van der Waals surface area contributed by atoms with E-state index in [0.717, 1.165) is 36.0 Å². The number of nitrogens with zero attached hydrogens (tertiary/aromatic N) is 2. The highest BCUT2D eigenvalue weighted by atomic mass is 127. The molecule has 0 saturated heterocycles. The number of hydrogen-bond donors (Lipinski definition) is 0. The average molecular weight is 729 g/mol. The maximum Gasteiger partial charge on any atom is 0.338 e. The largest absolute Gasteiger partial charge is 0.487 e. The van der Waals surface area contributed by atoms with Gasteiger partial charge in [0.15, 0.2) is 4.80 Å². The number of benzene rings is 3. The van der Waals surface area contributed by atoms with Crippen LogP contribution in [-0.4, -0.2) is 17.1 Å². The van der Waals surface area contributed by atoms with Crippen molar-refractivity contribution in [3.05, 3.63) is 128 Å². The predicted molar refractivity (Wildman–Crippen MR) is 169 cm³/mol. The van der Waals surface area contributed by atoms with E-state index < -0.39 is 12.0 Å². The minimum atomic E-state index is -0.626. The molecule has 1 aliphatic heterocycles. The zero-order valence-corrected chi connectivity index (χ0v) is 26.7. The first-order valence-corrected chi connectivity index (χ1v) is 15.4. The van der Waals surface area contributed by atoms with E-state index in [1.807, 2.05) is 79.7 Å². The summed E-state index contributed by atoms with van der Waals surface area (Å²) in [4.78, 5) is 32.1. The van der Waals surface area contributed by atoms with Gasteiger partial charge in [-0.25, -0.2) is 9.79 Å². The topological polar surface area (TPSA) is 69.9 Å². The van der Waals surface area contributed by atoms with Crippen molar-refractivity contribution >= 4 is 61.9 Å². The Balaban J connectivity index is 1.56. The lowest BCUT2D eigenvalue weighted by molar-refractivity contribution is -0.139. The van der Waals surface area contributed by atoms with E-state index in [1.54, 1.807) is 18.4 Å². The third-order valence-corrected chi connectivity index (χ3v) is 8.83. The summed E-state index contributed by atoms with van der Waals surface area (Å²) in [7, 11) is 0. The summed E-state index contributed by atoms with van der Waals surface area (Å²) in [5.74, 6) is 0.283. The predicted octanol–water partition coefficient (Wildman–Crippen LogP) is 6.05. The van der Waals surface area contributed by atoms with Crippen LogP contribution in [-0.2, 0) is 16.1 Å². The summed E-state index contributed by atoms with van der Waals surface area (Å²) < 4.78 is 15.3. The number of allylic oxidation sites excluding steroid dienone is 1. The highest BCUT2D eigenvalue weighted by Crippen LogP contribution is 2.33. The average Bonchev–Trinajstić information content (AvgIpc) is 3.22. The molecule has 6 nitrogen and oxygen atoms in total. The molecule has 0 fully saturated rings. The van der Waals surface area contributed by atoms with Crippen molar-refractivity contribution < 1.29 is 14.3 Å². The van der Waals surface area contributed by atoms with Gasteiger partial charge in [0.2, 0.25) is 0 Å². The van der Waals surface area contributed by atoms with Gasteiger partial charge in [-0.05, 0) is 94.2 Å². The fourth-order valence-corrected chi connectivity index (χ4v) is 7.35. The van der Waals surface area contributed by atoms with E-state index in [4.69, 9.17) is 9.47 Å². The third kappa shape index (κ3) is 5.87. The van der Waals surface area contributed by atoms with Crippen LogP contribution in [0.2, 0.25) is 0 Å². The zero-order chi connectivity index (χ0) is 28.4. The molecule has 0 spiro atoms. The minimum absolute atomic E-state index is 0.209. The Morgan fingerprint density at radius 2 is 1.85 bits per heavy atom. The van der Waals surface area contributed by atoms with E-state index in [-0.39, 0.29) is 12.2 Å². The number of aromatic nitrogens is 1. The molecule has 1 aromatic heterocycles. The lowest BCUT2D eigenvalue weighted by Crippen LogP contribution is -2.39. The van der Waals surface area contributed by atoms with Crippen molar-refractivity contribution in [1.29, 1.82) is 0 Å². The molecule has 0 N–H and O–H groups in total. The lowest BCUT2D eigenvalue weighted by Gasteiger charge is -2.24. The van der Waals surface area contributed by atoms with Crippen molar-refractivity contribution in [3.63, 3.8) is 0 Å². The van der Waals surface area contributed by atoms with E-state index in [0.29, 0.717) is 27.2 Å². The summed E-state index contributed by atoms with van der Waals surface area (Å²) >= 11 is 7.20. The van der Waals surface area contributed by atoms with Gasteiger partial charge in [0.05, 0.1) is 36.5 Å².